The summed E-state index contributed by atoms with van der Waals surface area (Å²) in [5.41, 5.74) is -4.99. The third-order valence-electron chi connectivity index (χ3n) is 16.6. The summed E-state index contributed by atoms with van der Waals surface area (Å²) in [4.78, 5) is 158. The van der Waals surface area contributed by atoms with Crippen molar-refractivity contribution in [2.24, 2.45) is 41.4 Å². The van der Waals surface area contributed by atoms with Crippen LogP contribution in [0.15, 0.2) is 0 Å². The topological polar surface area (TPSA) is 288 Å². The monoisotopic (exact) mass is 1240 g/mol. The highest BCUT2D eigenvalue weighted by Crippen LogP contribution is 2.27. The molecule has 0 aromatic heterocycles. The maximum Gasteiger partial charge on any atom is 0.259 e. The average molecular weight is 1240 g/mol. The first kappa shape index (κ1) is 82.3. The van der Waals surface area contributed by atoms with Crippen molar-refractivity contribution in [2.75, 3.05) is 61.4 Å². The summed E-state index contributed by atoms with van der Waals surface area (Å²) in [6.45, 7) is 34.1. The molecule has 0 saturated heterocycles. The second kappa shape index (κ2) is 39.5. The summed E-state index contributed by atoms with van der Waals surface area (Å²) in [5, 5.41) is 20.4. The molecule has 504 valence electrons. The molecule has 0 aromatic carbocycles. The van der Waals surface area contributed by atoms with Gasteiger partial charge in [-0.15, -0.1) is 6.42 Å². The summed E-state index contributed by atoms with van der Waals surface area (Å²) >= 11 is 0. The van der Waals surface area contributed by atoms with Gasteiger partial charge in [0.15, 0.2) is 36.2 Å². The molecule has 7 N–H and O–H groups in total. The van der Waals surface area contributed by atoms with Crippen LogP contribution in [0, 0.1) is 53.8 Å². The van der Waals surface area contributed by atoms with E-state index < -0.39 is 94.7 Å². The van der Waals surface area contributed by atoms with Crippen LogP contribution in [-0.4, -0.2) is 212 Å². The smallest absolute Gasteiger partial charge is 0.259 e. The zero-order valence-corrected chi connectivity index (χ0v) is 57.9. The largest absolute Gasteiger partial charge is 0.355 e. The van der Waals surface area contributed by atoms with Gasteiger partial charge in [0.05, 0.1) is 24.2 Å². The summed E-state index contributed by atoms with van der Waals surface area (Å²) in [7, 11) is 7.55. The molecule has 88 heavy (non-hydrogen) atoms. The van der Waals surface area contributed by atoms with E-state index >= 15 is 0 Å². The molecule has 0 bridgehead atoms. The Labute approximate surface area is 529 Å². The van der Waals surface area contributed by atoms with Gasteiger partial charge in [-0.1, -0.05) is 110 Å². The molecular weight excluding hydrogens is 1120 g/mol. The van der Waals surface area contributed by atoms with Crippen LogP contribution in [0.3, 0.4) is 0 Å². The lowest BCUT2D eigenvalue weighted by molar-refractivity contribution is -0.151. The molecule has 0 radical (unpaired) electrons. The van der Waals surface area contributed by atoms with Crippen molar-refractivity contribution in [1.82, 2.24) is 61.7 Å². The summed E-state index contributed by atoms with van der Waals surface area (Å²) < 4.78 is 0. The highest BCUT2D eigenvalue weighted by atomic mass is 16.2. The van der Waals surface area contributed by atoms with Crippen molar-refractivity contribution in [3.05, 3.63) is 0 Å². The Kier molecular flexibility index (Phi) is 36.9. The number of rotatable bonds is 45. The van der Waals surface area contributed by atoms with Gasteiger partial charge in [-0.3, -0.25) is 63.5 Å². The van der Waals surface area contributed by atoms with Crippen LogP contribution in [0.4, 0.5) is 0 Å². The van der Waals surface area contributed by atoms with Gasteiger partial charge in [0.25, 0.3) is 5.91 Å². The second-order valence-corrected chi connectivity index (χ2v) is 26.7. The molecule has 0 aliphatic rings. The Morgan fingerprint density at radius 2 is 1.15 bits per heavy atom. The van der Waals surface area contributed by atoms with Gasteiger partial charge in [0, 0.05) is 34.1 Å². The van der Waals surface area contributed by atoms with E-state index in [1.165, 1.54) is 32.8 Å². The molecule has 23 heteroatoms. The van der Waals surface area contributed by atoms with Gasteiger partial charge in [-0.25, -0.2) is 0 Å². The van der Waals surface area contributed by atoms with Gasteiger partial charge in [-0.2, -0.15) is 0 Å². The van der Waals surface area contributed by atoms with E-state index in [-0.39, 0.29) is 86.0 Å². The van der Waals surface area contributed by atoms with Crippen molar-refractivity contribution in [3.8, 4) is 12.3 Å². The van der Waals surface area contributed by atoms with Gasteiger partial charge in [0.1, 0.15) is 24.0 Å². The first-order valence-electron chi connectivity index (χ1n) is 31.9. The molecule has 12 unspecified atom stereocenters. The van der Waals surface area contributed by atoms with Gasteiger partial charge in [0.2, 0.25) is 35.4 Å². The first-order valence-corrected chi connectivity index (χ1v) is 31.9. The zero-order valence-electron chi connectivity index (χ0n) is 57.9. The molecule has 23 nitrogen and oxygen atoms in total. The minimum atomic E-state index is -1.68. The first-order chi connectivity index (χ1) is 40.9. The van der Waals surface area contributed by atoms with Crippen molar-refractivity contribution in [3.63, 3.8) is 0 Å². The lowest BCUT2D eigenvalue weighted by Gasteiger charge is -2.44. The number of likely N-dealkylation sites (N-methyl/N-ethyl adjacent to an activating group) is 5. The van der Waals surface area contributed by atoms with Gasteiger partial charge in [-0.05, 0) is 140 Å². The molecule has 0 saturated carbocycles. The molecule has 0 aliphatic carbocycles. The van der Waals surface area contributed by atoms with Crippen LogP contribution in [0.2, 0.25) is 0 Å². The zero-order chi connectivity index (χ0) is 68.2. The minimum Gasteiger partial charge on any atom is -0.355 e. The van der Waals surface area contributed by atoms with E-state index in [0.717, 1.165) is 35.9 Å². The lowest BCUT2D eigenvalue weighted by atomic mass is 9.92. The van der Waals surface area contributed by atoms with Gasteiger partial charge >= 0.3 is 0 Å². The van der Waals surface area contributed by atoms with Crippen LogP contribution >= 0.6 is 0 Å². The van der Waals surface area contributed by atoms with E-state index in [9.17, 15) is 52.7 Å². The number of nitrogens with one attached hydrogen (secondary N) is 7. The third kappa shape index (κ3) is 25.7. The van der Waals surface area contributed by atoms with Crippen molar-refractivity contribution >= 4 is 66.5 Å². The fourth-order valence-electron chi connectivity index (χ4n) is 10.9. The maximum atomic E-state index is 14.6. The fourth-order valence-corrected chi connectivity index (χ4v) is 10.9. The normalized spacial score (nSPS) is 17.0. The number of carbonyl (C=O) groups is 11. The molecular formula is C65H118N12O11. The van der Waals surface area contributed by atoms with Crippen molar-refractivity contribution < 1.29 is 52.7 Å². The van der Waals surface area contributed by atoms with E-state index in [2.05, 4.69) is 61.9 Å². The predicted octanol–water partition coefficient (Wildman–Crippen LogP) is 3.72. The Bertz CT molecular complexity index is 2290. The molecule has 0 fully saturated rings. The Morgan fingerprint density at radius 1 is 0.591 bits per heavy atom. The number of terminal acetylenes is 1. The molecule has 7 amide bonds. The Balaban J connectivity index is 6.76. The quantitative estimate of drug-likeness (QED) is 0.0260. The van der Waals surface area contributed by atoms with E-state index in [1.54, 1.807) is 46.8 Å². The van der Waals surface area contributed by atoms with Crippen LogP contribution in [-0.2, 0) is 52.7 Å². The predicted molar refractivity (Wildman–Crippen MR) is 346 cm³/mol. The third-order valence-corrected chi connectivity index (χ3v) is 16.6. The molecule has 0 heterocycles. The second-order valence-electron chi connectivity index (χ2n) is 26.7. The average Bonchev–Trinajstić information content (AvgIpc) is 3.47. The van der Waals surface area contributed by atoms with E-state index in [4.69, 9.17) is 6.42 Å². The highest BCUT2D eigenvalue weighted by Gasteiger charge is 2.46. The Hall–Kier alpha value is -5.67. The van der Waals surface area contributed by atoms with E-state index in [1.807, 2.05) is 69.2 Å². The van der Waals surface area contributed by atoms with Crippen LogP contribution in [0.5, 0.6) is 0 Å². The fraction of sp³-hybridized carbons (Fsp3) is 0.800. The molecule has 0 spiro atoms. The van der Waals surface area contributed by atoms with Crippen LogP contribution in [0.25, 0.3) is 0 Å². The Morgan fingerprint density at radius 3 is 1.60 bits per heavy atom. The number of amides is 7. The number of carbonyl (C=O) groups excluding carboxylic acids is 11. The number of hydrogen-bond acceptors (Lipinski definition) is 16. The SMILES string of the molecule is C#CC(C(=O)N(C)C(C=O)(CC(C)C)NC(C=O)C(C)C)N(C)C(=O)C(CC)NC(=O)C(CC(C)CCN(CC)CC)N(C)C(=O)CC(C)CCNC(=O)C(CC(C)C)N(C)C(C=O)(CC(C)C)NC(=O)C(C)NC(C)(C=O)NC(=O)C(CC(C)C)NC. The van der Waals surface area contributed by atoms with E-state index in [0.29, 0.717) is 44.4 Å². The number of nitrogens with zero attached hydrogens (tertiary/aromatic N) is 5. The molecule has 0 rings (SSSR count). The highest BCUT2D eigenvalue weighted by molar-refractivity contribution is 5.96. The number of hydrogen-bond donors (Lipinski definition) is 7. The standard InChI is InChI=1S/C65H118N12O11/c1-24-50(61(87)74(21)53(25-2)62(88)76(23)64(40-80,36-44(9)10)70-52(38-78)46(13)14)68-60(86)54(34-48(16)29-31-77(26-3)27-4)73(20)56(82)35-47(15)28-30-67-59(85)55(33-43(7)8)75(22)65(41-81,37-45(11)12)72-57(83)49(17)69-63(18,39-79)71-58(84)51(66-19)32-42(5)6/h2,38-55,66,69-70H,24,26-37H2,1,3-23H3,(H,67,85)(H,68,86)(H,71,84)(H,72,83). The summed E-state index contributed by atoms with van der Waals surface area (Å²) in [6.07, 6.45) is 10.8. The van der Waals surface area contributed by atoms with Crippen molar-refractivity contribution in [1.29, 1.82) is 0 Å². The maximum absolute atomic E-state index is 14.6. The van der Waals surface area contributed by atoms with Crippen LogP contribution in [0.1, 0.15) is 175 Å². The molecule has 0 aliphatic heterocycles. The van der Waals surface area contributed by atoms with Crippen LogP contribution < -0.4 is 37.2 Å². The molecule has 0 aromatic rings. The summed E-state index contributed by atoms with van der Waals surface area (Å²) in [6, 6.07) is -7.11. The lowest BCUT2D eigenvalue weighted by Crippen LogP contribution is -2.70. The van der Waals surface area contributed by atoms with Crippen molar-refractivity contribution in [2.45, 2.75) is 235 Å². The van der Waals surface area contributed by atoms with Gasteiger partial charge < -0.3 is 51.0 Å². The minimum absolute atomic E-state index is 0.00188. The molecule has 12 atom stereocenters. The number of aldehydes is 4. The summed E-state index contributed by atoms with van der Waals surface area (Å²) in [5.74, 6) is -2.14.